The predicted octanol–water partition coefficient (Wildman–Crippen LogP) is 4.39. The lowest BCUT2D eigenvalue weighted by molar-refractivity contribution is -0.484. The van der Waals surface area contributed by atoms with Crippen LogP contribution in [0.15, 0.2) is 54.6 Å². The van der Waals surface area contributed by atoms with Gasteiger partial charge >= 0.3 is 0 Å². The summed E-state index contributed by atoms with van der Waals surface area (Å²) in [7, 11) is 0. The van der Waals surface area contributed by atoms with Gasteiger partial charge in [-0.1, -0.05) is 48.9 Å². The van der Waals surface area contributed by atoms with Crippen LogP contribution in [0.4, 0.5) is 0 Å². The SMILES string of the molecule is O=C1CCCC[C@H]1[C@@H](C[N+](=O)[O-])c1cccc(OCc2ccccc2)c1. The molecule has 0 N–H and O–H groups in total. The van der Waals surface area contributed by atoms with Crippen LogP contribution in [-0.4, -0.2) is 17.3 Å². The second-order valence-corrected chi connectivity index (χ2v) is 6.79. The lowest BCUT2D eigenvalue weighted by Gasteiger charge is -2.27. The molecule has 0 saturated heterocycles. The monoisotopic (exact) mass is 353 g/mol. The Morgan fingerprint density at radius 2 is 1.92 bits per heavy atom. The van der Waals surface area contributed by atoms with Gasteiger partial charge < -0.3 is 4.74 Å². The van der Waals surface area contributed by atoms with Gasteiger partial charge in [0.1, 0.15) is 18.1 Å². The number of ketones is 1. The van der Waals surface area contributed by atoms with Crippen molar-refractivity contribution in [3.8, 4) is 5.75 Å². The second-order valence-electron chi connectivity index (χ2n) is 6.79. The highest BCUT2D eigenvalue weighted by Gasteiger charge is 2.34. The standard InChI is InChI=1S/C21H23NO4/c23-21-12-5-4-11-19(21)20(14-22(24)25)17-9-6-10-18(13-17)26-15-16-7-2-1-3-8-16/h1-3,6-10,13,19-20H,4-5,11-12,14-15H2/t19-,20-/m0/s1. The fourth-order valence-corrected chi connectivity index (χ4v) is 3.64. The first-order chi connectivity index (χ1) is 12.6. The highest BCUT2D eigenvalue weighted by Crippen LogP contribution is 2.35. The maximum atomic E-state index is 12.3. The van der Waals surface area contributed by atoms with Gasteiger partial charge in [-0.15, -0.1) is 0 Å². The molecule has 136 valence electrons. The average molecular weight is 353 g/mol. The molecule has 0 aromatic heterocycles. The van der Waals surface area contributed by atoms with Crippen LogP contribution in [0.5, 0.6) is 5.75 Å². The Bertz CT molecular complexity index is 760. The van der Waals surface area contributed by atoms with Crippen LogP contribution in [0.2, 0.25) is 0 Å². The fourth-order valence-electron chi connectivity index (χ4n) is 3.64. The van der Waals surface area contributed by atoms with Gasteiger partial charge in [0.25, 0.3) is 0 Å². The second kappa shape index (κ2) is 8.61. The van der Waals surface area contributed by atoms with Gasteiger partial charge in [0.2, 0.25) is 6.54 Å². The largest absolute Gasteiger partial charge is 0.489 e. The minimum Gasteiger partial charge on any atom is -0.489 e. The molecule has 1 saturated carbocycles. The Kier molecular flexibility index (Phi) is 6.00. The minimum atomic E-state index is -0.391. The van der Waals surface area contributed by atoms with Crippen molar-refractivity contribution >= 4 is 5.78 Å². The zero-order valence-electron chi connectivity index (χ0n) is 14.7. The number of Topliss-reactive ketones (excluding diaryl/α,β-unsaturated/α-hetero) is 1. The summed E-state index contributed by atoms with van der Waals surface area (Å²) in [5, 5.41) is 11.2. The maximum Gasteiger partial charge on any atom is 0.211 e. The summed E-state index contributed by atoms with van der Waals surface area (Å²) in [6.07, 6.45) is 3.10. The molecule has 26 heavy (non-hydrogen) atoms. The number of hydrogen-bond acceptors (Lipinski definition) is 4. The summed E-state index contributed by atoms with van der Waals surface area (Å²) in [5.41, 5.74) is 1.87. The van der Waals surface area contributed by atoms with E-state index in [1.807, 2.05) is 54.6 Å². The van der Waals surface area contributed by atoms with Gasteiger partial charge in [0.15, 0.2) is 0 Å². The lowest BCUT2D eigenvalue weighted by atomic mass is 9.76. The van der Waals surface area contributed by atoms with E-state index < -0.39 is 5.92 Å². The molecule has 1 fully saturated rings. The first kappa shape index (κ1) is 18.1. The Hall–Kier alpha value is -2.69. The molecular weight excluding hydrogens is 330 g/mol. The molecule has 1 aliphatic rings. The molecule has 0 heterocycles. The van der Waals surface area contributed by atoms with E-state index in [1.165, 1.54) is 0 Å². The van der Waals surface area contributed by atoms with Gasteiger partial charge in [0, 0.05) is 17.3 Å². The van der Waals surface area contributed by atoms with Crippen molar-refractivity contribution in [3.63, 3.8) is 0 Å². The Labute approximate surface area is 153 Å². The Morgan fingerprint density at radius 1 is 1.12 bits per heavy atom. The van der Waals surface area contributed by atoms with Gasteiger partial charge in [-0.25, -0.2) is 0 Å². The summed E-state index contributed by atoms with van der Waals surface area (Å²) in [6, 6.07) is 17.2. The van der Waals surface area contributed by atoms with Gasteiger partial charge in [-0.2, -0.15) is 0 Å². The van der Waals surface area contributed by atoms with E-state index >= 15 is 0 Å². The summed E-state index contributed by atoms with van der Waals surface area (Å²) >= 11 is 0. The van der Waals surface area contributed by atoms with Crippen molar-refractivity contribution in [1.29, 1.82) is 0 Å². The third kappa shape index (κ3) is 4.69. The Balaban J connectivity index is 1.78. The van der Waals surface area contributed by atoms with E-state index in [1.54, 1.807) is 0 Å². The van der Waals surface area contributed by atoms with E-state index in [9.17, 15) is 14.9 Å². The highest BCUT2D eigenvalue weighted by molar-refractivity contribution is 5.82. The smallest absolute Gasteiger partial charge is 0.211 e. The van der Waals surface area contributed by atoms with Gasteiger partial charge in [-0.3, -0.25) is 14.9 Å². The predicted molar refractivity (Wildman–Crippen MR) is 98.8 cm³/mol. The van der Waals surface area contributed by atoms with Gasteiger partial charge in [0.05, 0.1) is 5.92 Å². The molecule has 0 aliphatic heterocycles. The summed E-state index contributed by atoms with van der Waals surface area (Å²) in [6.45, 7) is 0.213. The number of rotatable bonds is 7. The zero-order chi connectivity index (χ0) is 18.4. The minimum absolute atomic E-state index is 0.152. The molecule has 2 aromatic carbocycles. The van der Waals surface area contributed by atoms with Crippen LogP contribution >= 0.6 is 0 Å². The van der Waals surface area contributed by atoms with Crippen LogP contribution < -0.4 is 4.74 Å². The van der Waals surface area contributed by atoms with E-state index in [-0.39, 0.29) is 23.2 Å². The number of carbonyl (C=O) groups is 1. The molecule has 2 atom stereocenters. The quantitative estimate of drug-likeness (QED) is 0.547. The zero-order valence-corrected chi connectivity index (χ0v) is 14.7. The van der Waals surface area contributed by atoms with E-state index in [0.717, 1.165) is 30.4 Å². The number of nitro groups is 1. The van der Waals surface area contributed by atoms with E-state index in [0.29, 0.717) is 18.8 Å². The van der Waals surface area contributed by atoms with Crippen molar-refractivity contribution in [1.82, 2.24) is 0 Å². The molecule has 0 radical (unpaired) electrons. The number of nitrogens with zero attached hydrogens (tertiary/aromatic N) is 1. The van der Waals surface area contributed by atoms with Crippen LogP contribution in [0.3, 0.4) is 0 Å². The third-order valence-corrected chi connectivity index (χ3v) is 4.97. The molecule has 1 aliphatic carbocycles. The number of carbonyl (C=O) groups excluding carboxylic acids is 1. The van der Waals surface area contributed by atoms with Crippen molar-refractivity contribution in [2.45, 2.75) is 38.2 Å². The third-order valence-electron chi connectivity index (χ3n) is 4.97. The van der Waals surface area contributed by atoms with Crippen molar-refractivity contribution in [2.75, 3.05) is 6.54 Å². The van der Waals surface area contributed by atoms with Crippen LogP contribution in [0.25, 0.3) is 0 Å². The normalized spacial score (nSPS) is 18.3. The molecule has 5 nitrogen and oxygen atoms in total. The maximum absolute atomic E-state index is 12.3. The van der Waals surface area contributed by atoms with Crippen LogP contribution in [0.1, 0.15) is 42.7 Å². The number of hydrogen-bond donors (Lipinski definition) is 0. The van der Waals surface area contributed by atoms with Crippen LogP contribution in [0, 0.1) is 16.0 Å². The first-order valence-corrected chi connectivity index (χ1v) is 9.04. The molecule has 5 heteroatoms. The number of benzene rings is 2. The molecule has 2 aromatic rings. The van der Waals surface area contributed by atoms with Crippen molar-refractivity contribution < 1.29 is 14.5 Å². The number of ether oxygens (including phenoxy) is 1. The molecule has 0 amide bonds. The molecule has 0 unspecified atom stereocenters. The van der Waals surface area contributed by atoms with E-state index in [2.05, 4.69) is 0 Å². The van der Waals surface area contributed by atoms with E-state index in [4.69, 9.17) is 4.74 Å². The Morgan fingerprint density at radius 3 is 2.65 bits per heavy atom. The lowest BCUT2D eigenvalue weighted by Crippen LogP contribution is -2.30. The van der Waals surface area contributed by atoms with Crippen molar-refractivity contribution in [3.05, 3.63) is 75.8 Å². The summed E-state index contributed by atoms with van der Waals surface area (Å²) in [4.78, 5) is 23.2. The molecule has 3 rings (SSSR count). The summed E-state index contributed by atoms with van der Waals surface area (Å²) < 4.78 is 5.85. The molecular formula is C21H23NO4. The average Bonchev–Trinajstić information content (AvgIpc) is 2.66. The molecule has 0 spiro atoms. The van der Waals surface area contributed by atoms with Gasteiger partial charge in [-0.05, 0) is 36.1 Å². The first-order valence-electron chi connectivity index (χ1n) is 9.04. The van der Waals surface area contributed by atoms with Crippen molar-refractivity contribution in [2.24, 2.45) is 5.92 Å². The molecule has 0 bridgehead atoms. The van der Waals surface area contributed by atoms with Crippen LogP contribution in [-0.2, 0) is 11.4 Å². The summed E-state index contributed by atoms with van der Waals surface area (Å²) in [5.74, 6) is 0.165. The fraction of sp³-hybridized carbons (Fsp3) is 0.381. The topological polar surface area (TPSA) is 69.4 Å². The highest BCUT2D eigenvalue weighted by atomic mass is 16.6.